The summed E-state index contributed by atoms with van der Waals surface area (Å²) in [5, 5.41) is 0. The number of carbonyl (C=O) groups excluding carboxylic acids is 1. The normalized spacial score (nSPS) is 12.9. The van der Waals surface area contributed by atoms with Crippen molar-refractivity contribution in [3.8, 4) is 0 Å². The predicted octanol–water partition coefficient (Wildman–Crippen LogP) is 12.0. The highest BCUT2D eigenvalue weighted by atomic mass is 16.5. The fourth-order valence-corrected chi connectivity index (χ4v) is 3.82. The van der Waals surface area contributed by atoms with Gasteiger partial charge in [-0.1, -0.05) is 124 Å². The van der Waals surface area contributed by atoms with Gasteiger partial charge in [-0.15, -0.1) is 0 Å². The second kappa shape index (κ2) is 34.4. The highest BCUT2D eigenvalue weighted by Crippen LogP contribution is 2.05. The molecule has 224 valence electrons. The van der Waals surface area contributed by atoms with Crippen LogP contribution < -0.4 is 0 Å². The first-order valence-corrected chi connectivity index (χ1v) is 16.2. The molecule has 0 saturated heterocycles. The standard InChI is InChI=1S/C38H60O2/c1-3-5-7-9-11-13-15-17-19-21-22-24-26-28-30-32-34-36-38(39)40-37-35-33-31-29-27-25-23-20-18-16-14-12-10-8-6-4-2/h5,7,11-14,17-20,22,24-25,27-28,30H,3-4,6,8-10,15-16,21,23,26,29,31-37H2,1-2H3/b7-5-,13-11-,14-12?,19-17-,20-18?,24-22-,27-25-,30-28-. The van der Waals surface area contributed by atoms with Crippen molar-refractivity contribution >= 4 is 5.97 Å². The Kier molecular flexibility index (Phi) is 32.2. The van der Waals surface area contributed by atoms with Gasteiger partial charge in [-0.3, -0.25) is 4.79 Å². The van der Waals surface area contributed by atoms with Crippen LogP contribution in [0.3, 0.4) is 0 Å². The minimum absolute atomic E-state index is 0.0603. The van der Waals surface area contributed by atoms with Gasteiger partial charge in [0.25, 0.3) is 0 Å². The van der Waals surface area contributed by atoms with Crippen LogP contribution in [0.2, 0.25) is 0 Å². The maximum atomic E-state index is 11.9. The number of allylic oxidation sites excluding steroid dienone is 16. The van der Waals surface area contributed by atoms with Gasteiger partial charge < -0.3 is 4.74 Å². The lowest BCUT2D eigenvalue weighted by Crippen LogP contribution is -2.05. The van der Waals surface area contributed by atoms with E-state index in [0.717, 1.165) is 83.5 Å². The van der Waals surface area contributed by atoms with Crippen molar-refractivity contribution in [1.29, 1.82) is 0 Å². The maximum absolute atomic E-state index is 11.9. The lowest BCUT2D eigenvalue weighted by Gasteiger charge is -2.03. The smallest absolute Gasteiger partial charge is 0.305 e. The van der Waals surface area contributed by atoms with Crippen LogP contribution in [-0.4, -0.2) is 12.6 Å². The molecule has 0 fully saturated rings. The fourth-order valence-electron chi connectivity index (χ4n) is 3.82. The summed E-state index contributed by atoms with van der Waals surface area (Å²) in [6.45, 7) is 4.96. The number of rotatable bonds is 27. The highest BCUT2D eigenvalue weighted by Gasteiger charge is 2.01. The molecule has 0 amide bonds. The molecule has 0 spiro atoms. The maximum Gasteiger partial charge on any atom is 0.305 e. The van der Waals surface area contributed by atoms with Crippen molar-refractivity contribution in [2.45, 2.75) is 129 Å². The molecule has 0 aromatic rings. The number of hydrogen-bond acceptors (Lipinski definition) is 2. The largest absolute Gasteiger partial charge is 0.466 e. The average Bonchev–Trinajstić information content (AvgIpc) is 2.96. The second-order valence-corrected chi connectivity index (χ2v) is 10.1. The number of hydrogen-bond donors (Lipinski definition) is 0. The Morgan fingerprint density at radius 3 is 1.30 bits per heavy atom. The van der Waals surface area contributed by atoms with Crippen molar-refractivity contribution in [1.82, 2.24) is 0 Å². The molecule has 0 rings (SSSR count). The predicted molar refractivity (Wildman–Crippen MR) is 179 cm³/mol. The zero-order chi connectivity index (χ0) is 29.0. The number of carbonyl (C=O) groups is 1. The molecular formula is C38H60O2. The van der Waals surface area contributed by atoms with Crippen LogP contribution in [-0.2, 0) is 9.53 Å². The lowest BCUT2D eigenvalue weighted by molar-refractivity contribution is -0.143. The first-order valence-electron chi connectivity index (χ1n) is 16.2. The highest BCUT2D eigenvalue weighted by molar-refractivity contribution is 5.69. The molecule has 0 aromatic carbocycles. The van der Waals surface area contributed by atoms with Crippen molar-refractivity contribution < 1.29 is 9.53 Å². The SMILES string of the molecule is CC/C=C\C/C=C\C/C=C\C/C=C\C/C=C\CCCC(=O)OCCCCC/C=C\CC=CCC=CCCCCC. The molecule has 40 heavy (non-hydrogen) atoms. The van der Waals surface area contributed by atoms with Crippen LogP contribution in [0.5, 0.6) is 0 Å². The fraction of sp³-hybridized carbons (Fsp3) is 0.553. The summed E-state index contributed by atoms with van der Waals surface area (Å²) in [4.78, 5) is 11.9. The summed E-state index contributed by atoms with van der Waals surface area (Å²) in [6, 6.07) is 0. The van der Waals surface area contributed by atoms with Crippen molar-refractivity contribution in [2.24, 2.45) is 0 Å². The molecule has 0 aromatic heterocycles. The van der Waals surface area contributed by atoms with Gasteiger partial charge in [-0.2, -0.15) is 0 Å². The molecule has 0 heterocycles. The molecule has 2 heteroatoms. The van der Waals surface area contributed by atoms with Gasteiger partial charge in [0, 0.05) is 6.42 Å². The molecule has 0 aliphatic rings. The molecule has 0 saturated carbocycles. The number of unbranched alkanes of at least 4 members (excludes halogenated alkanes) is 7. The van der Waals surface area contributed by atoms with Crippen LogP contribution in [0.25, 0.3) is 0 Å². The van der Waals surface area contributed by atoms with E-state index in [4.69, 9.17) is 4.74 Å². The Labute approximate surface area is 248 Å². The molecule has 0 radical (unpaired) electrons. The van der Waals surface area contributed by atoms with E-state index in [1.54, 1.807) is 0 Å². The Hall–Kier alpha value is -2.61. The average molecular weight is 549 g/mol. The van der Waals surface area contributed by atoms with Gasteiger partial charge in [0.1, 0.15) is 0 Å². The zero-order valence-corrected chi connectivity index (χ0v) is 26.0. The third kappa shape index (κ3) is 33.4. The topological polar surface area (TPSA) is 26.3 Å². The van der Waals surface area contributed by atoms with Crippen LogP contribution >= 0.6 is 0 Å². The third-order valence-electron chi connectivity index (χ3n) is 6.21. The minimum Gasteiger partial charge on any atom is -0.466 e. The van der Waals surface area contributed by atoms with E-state index in [9.17, 15) is 4.79 Å². The van der Waals surface area contributed by atoms with E-state index in [0.29, 0.717) is 13.0 Å². The molecule has 0 bridgehead atoms. The first-order chi connectivity index (χ1) is 19.8. The molecule has 0 aliphatic heterocycles. The Balaban J connectivity index is 3.49. The Bertz CT molecular complexity index is 773. The quantitative estimate of drug-likeness (QED) is 0.0579. The van der Waals surface area contributed by atoms with E-state index >= 15 is 0 Å². The summed E-state index contributed by atoms with van der Waals surface area (Å²) < 4.78 is 5.37. The van der Waals surface area contributed by atoms with Crippen LogP contribution in [0, 0.1) is 0 Å². The molecule has 0 aliphatic carbocycles. The van der Waals surface area contributed by atoms with E-state index in [2.05, 4.69) is 111 Å². The van der Waals surface area contributed by atoms with Crippen LogP contribution in [0.1, 0.15) is 129 Å². The molecule has 0 atom stereocenters. The second-order valence-electron chi connectivity index (χ2n) is 10.1. The molecule has 2 nitrogen and oxygen atoms in total. The summed E-state index contributed by atoms with van der Waals surface area (Å²) in [5.74, 6) is -0.0603. The number of esters is 1. The molecule has 0 unspecified atom stereocenters. The minimum atomic E-state index is -0.0603. The molecule has 0 N–H and O–H groups in total. The van der Waals surface area contributed by atoms with Gasteiger partial charge in [0.2, 0.25) is 0 Å². The van der Waals surface area contributed by atoms with E-state index in [-0.39, 0.29) is 5.97 Å². The summed E-state index contributed by atoms with van der Waals surface area (Å²) in [7, 11) is 0. The van der Waals surface area contributed by atoms with Gasteiger partial charge >= 0.3 is 5.97 Å². The zero-order valence-electron chi connectivity index (χ0n) is 26.0. The summed E-state index contributed by atoms with van der Waals surface area (Å²) >= 11 is 0. The van der Waals surface area contributed by atoms with E-state index in [1.807, 2.05) is 0 Å². The van der Waals surface area contributed by atoms with E-state index < -0.39 is 0 Å². The lowest BCUT2D eigenvalue weighted by atomic mass is 10.2. The molecular weight excluding hydrogens is 488 g/mol. The summed E-state index contributed by atoms with van der Waals surface area (Å²) in [6.07, 6.45) is 54.5. The Morgan fingerprint density at radius 2 is 0.850 bits per heavy atom. The van der Waals surface area contributed by atoms with Crippen molar-refractivity contribution in [3.63, 3.8) is 0 Å². The van der Waals surface area contributed by atoms with Crippen LogP contribution in [0.4, 0.5) is 0 Å². The summed E-state index contributed by atoms with van der Waals surface area (Å²) in [5.41, 5.74) is 0. The van der Waals surface area contributed by atoms with Crippen molar-refractivity contribution in [2.75, 3.05) is 6.61 Å². The van der Waals surface area contributed by atoms with Crippen molar-refractivity contribution in [3.05, 3.63) is 97.2 Å². The third-order valence-corrected chi connectivity index (χ3v) is 6.21. The van der Waals surface area contributed by atoms with Crippen LogP contribution in [0.15, 0.2) is 97.2 Å². The van der Waals surface area contributed by atoms with Gasteiger partial charge in [-0.25, -0.2) is 0 Å². The van der Waals surface area contributed by atoms with E-state index in [1.165, 1.54) is 25.7 Å². The van der Waals surface area contributed by atoms with Gasteiger partial charge in [0.05, 0.1) is 6.61 Å². The Morgan fingerprint density at radius 1 is 0.450 bits per heavy atom. The monoisotopic (exact) mass is 548 g/mol. The van der Waals surface area contributed by atoms with Gasteiger partial charge in [-0.05, 0) is 96.3 Å². The first kappa shape index (κ1) is 37.4. The number of ether oxygens (including phenoxy) is 1. The van der Waals surface area contributed by atoms with Gasteiger partial charge in [0.15, 0.2) is 0 Å².